The molecule has 2 aromatic rings. The van der Waals surface area contributed by atoms with Crippen LogP contribution in [-0.2, 0) is 20.5 Å². The predicted octanol–water partition coefficient (Wildman–Crippen LogP) is 1.26. The average Bonchev–Trinajstić information content (AvgIpc) is 2.64. The Hall–Kier alpha value is -2.05. The molecule has 26 heavy (non-hydrogen) atoms. The molecule has 1 fully saturated rings. The van der Waals surface area contributed by atoms with Crippen LogP contribution in [0.15, 0.2) is 46.0 Å². The van der Waals surface area contributed by atoms with Gasteiger partial charge in [-0.3, -0.25) is 18.8 Å². The molecule has 0 spiro atoms. The smallest absolute Gasteiger partial charge is 0.332 e. The summed E-state index contributed by atoms with van der Waals surface area (Å²) in [5.41, 5.74) is 0.868. The summed E-state index contributed by atoms with van der Waals surface area (Å²) in [5, 5.41) is 0. The molecule has 142 valence electrons. The monoisotopic (exact) mass is 378 g/mol. The molecule has 0 bridgehead atoms. The first-order chi connectivity index (χ1) is 12.1. The Morgan fingerprint density at radius 2 is 1.58 bits per heavy atom. The summed E-state index contributed by atoms with van der Waals surface area (Å²) in [6.45, 7) is 4.67. The van der Waals surface area contributed by atoms with Gasteiger partial charge in [0.25, 0.3) is 5.56 Å². The molecule has 7 heteroatoms. The molecule has 6 nitrogen and oxygen atoms in total. The number of hydrogen-bond donors (Lipinski definition) is 0. The van der Waals surface area contributed by atoms with Gasteiger partial charge in [0.2, 0.25) is 0 Å². The van der Waals surface area contributed by atoms with Gasteiger partial charge >= 0.3 is 5.69 Å². The average molecular weight is 379 g/mol. The maximum Gasteiger partial charge on any atom is 0.332 e. The van der Waals surface area contributed by atoms with E-state index >= 15 is 0 Å². The third kappa shape index (κ3) is 4.56. The number of aromatic nitrogens is 2. The minimum atomic E-state index is -0.271. The van der Waals surface area contributed by atoms with Crippen LogP contribution in [-0.4, -0.2) is 46.8 Å². The molecule has 0 atom stereocenters. The molecule has 1 aromatic heterocycles. The highest BCUT2D eigenvalue weighted by Gasteiger charge is 2.19. The van der Waals surface area contributed by atoms with Crippen LogP contribution in [0.5, 0.6) is 0 Å². The van der Waals surface area contributed by atoms with Gasteiger partial charge < -0.3 is 4.90 Å². The van der Waals surface area contributed by atoms with E-state index in [9.17, 15) is 9.59 Å². The summed E-state index contributed by atoms with van der Waals surface area (Å²) in [5.74, 6) is 0.719. The topological polar surface area (TPSA) is 50.5 Å². The van der Waals surface area contributed by atoms with E-state index < -0.39 is 0 Å². The number of hydrogen-bond acceptors (Lipinski definition) is 4. The second kappa shape index (κ2) is 9.05. The van der Waals surface area contributed by atoms with Crippen molar-refractivity contribution in [3.8, 4) is 0 Å². The van der Waals surface area contributed by atoms with Crippen molar-refractivity contribution in [2.45, 2.75) is 12.8 Å². The van der Waals surface area contributed by atoms with Crippen molar-refractivity contribution in [1.29, 1.82) is 0 Å². The lowest BCUT2D eigenvalue weighted by Gasteiger charge is -2.36. The molecule has 0 N–H and O–H groups in total. The van der Waals surface area contributed by atoms with E-state index in [1.165, 1.54) is 12.6 Å². The van der Waals surface area contributed by atoms with E-state index in [4.69, 9.17) is 0 Å². The van der Waals surface area contributed by atoms with Crippen LogP contribution in [0, 0.1) is 0 Å². The summed E-state index contributed by atoms with van der Waals surface area (Å²) in [6.07, 6.45) is 2.25. The molecule has 0 aliphatic carbocycles. The van der Waals surface area contributed by atoms with Crippen LogP contribution in [0.25, 0.3) is 0 Å². The molecule has 3 rings (SSSR count). The lowest BCUT2D eigenvalue weighted by molar-refractivity contribution is 0.253. The second-order valence-corrected chi connectivity index (χ2v) is 6.66. The predicted molar refractivity (Wildman–Crippen MR) is 108 cm³/mol. The highest BCUT2D eigenvalue weighted by molar-refractivity contribution is 5.85. The fourth-order valence-electron chi connectivity index (χ4n) is 3.38. The molecular formula is C19H27ClN4O2. The maximum absolute atomic E-state index is 12.1. The third-order valence-electron chi connectivity index (χ3n) is 4.98. The Kier molecular flexibility index (Phi) is 7.06. The largest absolute Gasteiger partial charge is 0.355 e. The van der Waals surface area contributed by atoms with Crippen molar-refractivity contribution in [1.82, 2.24) is 14.0 Å². The minimum Gasteiger partial charge on any atom is -0.355 e. The Labute approximate surface area is 160 Å². The molecule has 0 radical (unpaired) electrons. The normalized spacial score (nSPS) is 14.9. The van der Waals surface area contributed by atoms with Crippen molar-refractivity contribution in [2.24, 2.45) is 14.1 Å². The molecule has 1 saturated heterocycles. The van der Waals surface area contributed by atoms with E-state index in [2.05, 4.69) is 34.1 Å². The summed E-state index contributed by atoms with van der Waals surface area (Å²) in [4.78, 5) is 28.6. The van der Waals surface area contributed by atoms with Gasteiger partial charge in [-0.05, 0) is 24.9 Å². The van der Waals surface area contributed by atoms with Crippen LogP contribution in [0.3, 0.4) is 0 Å². The van der Waals surface area contributed by atoms with Crippen molar-refractivity contribution in [3.63, 3.8) is 0 Å². The summed E-state index contributed by atoms with van der Waals surface area (Å²) in [6, 6.07) is 12.1. The molecule has 0 saturated carbocycles. The van der Waals surface area contributed by atoms with Crippen LogP contribution >= 0.6 is 12.4 Å². The first kappa shape index (κ1) is 20.3. The van der Waals surface area contributed by atoms with Crippen LogP contribution in [0.2, 0.25) is 0 Å². The van der Waals surface area contributed by atoms with Crippen LogP contribution < -0.4 is 16.1 Å². The lowest BCUT2D eigenvalue weighted by Crippen LogP contribution is -2.49. The van der Waals surface area contributed by atoms with E-state index in [1.807, 2.05) is 6.07 Å². The first-order valence-corrected chi connectivity index (χ1v) is 8.84. The van der Waals surface area contributed by atoms with E-state index in [-0.39, 0.29) is 23.7 Å². The fraction of sp³-hybridized carbons (Fsp3) is 0.474. The van der Waals surface area contributed by atoms with Gasteiger partial charge in [0, 0.05) is 46.3 Å². The maximum atomic E-state index is 12.1. The van der Waals surface area contributed by atoms with E-state index in [0.717, 1.165) is 56.0 Å². The summed E-state index contributed by atoms with van der Waals surface area (Å²) >= 11 is 0. The number of piperazine rings is 1. The van der Waals surface area contributed by atoms with Gasteiger partial charge in [0.1, 0.15) is 5.82 Å². The molecule has 1 aliphatic heterocycles. The Morgan fingerprint density at radius 3 is 2.23 bits per heavy atom. The highest BCUT2D eigenvalue weighted by Crippen LogP contribution is 2.13. The lowest BCUT2D eigenvalue weighted by atomic mass is 10.1. The third-order valence-corrected chi connectivity index (χ3v) is 4.98. The molecule has 0 amide bonds. The van der Waals surface area contributed by atoms with Gasteiger partial charge in [-0.2, -0.15) is 0 Å². The quantitative estimate of drug-likeness (QED) is 0.786. The molecule has 2 heterocycles. The minimum absolute atomic E-state index is 0. The highest BCUT2D eigenvalue weighted by atomic mass is 35.5. The first-order valence-electron chi connectivity index (χ1n) is 8.84. The van der Waals surface area contributed by atoms with Gasteiger partial charge in [0.05, 0.1) is 0 Å². The van der Waals surface area contributed by atoms with Gasteiger partial charge in [-0.15, -0.1) is 12.4 Å². The number of rotatable bonds is 5. The van der Waals surface area contributed by atoms with Gasteiger partial charge in [-0.1, -0.05) is 30.3 Å². The number of halogens is 1. The second-order valence-electron chi connectivity index (χ2n) is 6.66. The summed E-state index contributed by atoms with van der Waals surface area (Å²) in [7, 11) is 3.24. The zero-order valence-electron chi connectivity index (χ0n) is 15.4. The van der Waals surface area contributed by atoms with Crippen LogP contribution in [0.4, 0.5) is 5.82 Å². The Bertz CT molecular complexity index is 824. The van der Waals surface area contributed by atoms with Gasteiger partial charge in [-0.25, -0.2) is 4.79 Å². The van der Waals surface area contributed by atoms with Crippen molar-refractivity contribution < 1.29 is 0 Å². The fourth-order valence-corrected chi connectivity index (χ4v) is 3.38. The number of anilines is 1. The zero-order valence-corrected chi connectivity index (χ0v) is 16.2. The van der Waals surface area contributed by atoms with Crippen LogP contribution in [0.1, 0.15) is 12.0 Å². The molecule has 0 unspecified atom stereocenters. The number of nitrogens with zero attached hydrogens (tertiary/aromatic N) is 4. The van der Waals surface area contributed by atoms with E-state index in [0.29, 0.717) is 0 Å². The van der Waals surface area contributed by atoms with Crippen molar-refractivity contribution in [2.75, 3.05) is 37.6 Å². The summed E-state index contributed by atoms with van der Waals surface area (Å²) < 4.78 is 2.70. The van der Waals surface area contributed by atoms with E-state index in [1.54, 1.807) is 17.7 Å². The molecule has 1 aliphatic rings. The van der Waals surface area contributed by atoms with Crippen molar-refractivity contribution >= 4 is 18.2 Å². The number of aryl methyl sites for hydroxylation is 1. The Balaban J connectivity index is 0.00000243. The molecular weight excluding hydrogens is 352 g/mol. The Morgan fingerprint density at radius 1 is 0.923 bits per heavy atom. The van der Waals surface area contributed by atoms with Crippen molar-refractivity contribution in [3.05, 3.63) is 62.8 Å². The standard InChI is InChI=1S/C19H26N4O2.ClH/c1-20-17(15-18(24)21(2)19(20)25)23-13-11-22(12-14-23)10-6-9-16-7-4-3-5-8-16;/h3-5,7-8,15H,6,9-14H2,1-2H3;1H. The number of benzene rings is 1. The molecule has 1 aromatic carbocycles. The van der Waals surface area contributed by atoms with Gasteiger partial charge in [0.15, 0.2) is 0 Å². The zero-order chi connectivity index (χ0) is 17.8. The SMILES string of the molecule is Cl.Cn1c(N2CCN(CCCc3ccccc3)CC2)cc(=O)n(C)c1=O.